The van der Waals surface area contributed by atoms with E-state index in [2.05, 4.69) is 20.8 Å². The number of aliphatic hydroxyl groups excluding tert-OH is 1. The quantitative estimate of drug-likeness (QED) is 0.244. The summed E-state index contributed by atoms with van der Waals surface area (Å²) in [4.78, 5) is 30.7. The molecule has 1 atom stereocenters. The summed E-state index contributed by atoms with van der Waals surface area (Å²) < 4.78 is 0.906. The normalized spacial score (nSPS) is 19.6. The highest BCUT2D eigenvalue weighted by molar-refractivity contribution is 9.10. The second-order valence-electron chi connectivity index (χ2n) is 9.20. The number of hydrogen-bond acceptors (Lipinski definition) is 4. The number of carbonyl (C=O) groups is 2. The minimum Gasteiger partial charge on any atom is -0.507 e. The van der Waals surface area contributed by atoms with Crippen molar-refractivity contribution in [1.29, 1.82) is 0 Å². The Labute approximate surface area is 213 Å². The number of anilines is 2. The van der Waals surface area contributed by atoms with E-state index in [0.29, 0.717) is 11.3 Å². The number of aliphatic hydroxyl groups is 1. The van der Waals surface area contributed by atoms with Crippen LogP contribution in [0.4, 0.5) is 11.4 Å². The Hall–Kier alpha value is -3.38. The number of rotatable bonds is 4. The molecule has 3 aromatic rings. The van der Waals surface area contributed by atoms with Crippen molar-refractivity contribution in [2.45, 2.75) is 32.7 Å². The van der Waals surface area contributed by atoms with Crippen molar-refractivity contribution in [1.82, 2.24) is 0 Å². The standard InChI is InChI=1S/C29H27BrN2O3/c1-18-7-3-4-8-23(18)26-25(27(33)20-9-14-24(30)19(2)17-20)28(34)29(35)32(26)22-12-10-21(11-13-22)31-15-5-6-16-31/h3-4,7-14,17,26,33H,5-6,15-16H2,1-2H3/b27-25+. The monoisotopic (exact) mass is 530 g/mol. The topological polar surface area (TPSA) is 60.9 Å². The van der Waals surface area contributed by atoms with Gasteiger partial charge in [-0.05, 0) is 79.8 Å². The summed E-state index contributed by atoms with van der Waals surface area (Å²) in [7, 11) is 0. The summed E-state index contributed by atoms with van der Waals surface area (Å²) in [6, 6.07) is 20.2. The molecule has 3 aromatic carbocycles. The lowest BCUT2D eigenvalue weighted by Crippen LogP contribution is -2.29. The summed E-state index contributed by atoms with van der Waals surface area (Å²) in [5, 5.41) is 11.4. The number of benzene rings is 3. The first-order chi connectivity index (χ1) is 16.9. The van der Waals surface area contributed by atoms with Crippen LogP contribution in [0.25, 0.3) is 5.76 Å². The third-order valence-electron chi connectivity index (χ3n) is 6.96. The van der Waals surface area contributed by atoms with Crippen LogP contribution in [-0.4, -0.2) is 29.9 Å². The summed E-state index contributed by atoms with van der Waals surface area (Å²) in [5.74, 6) is -1.48. The van der Waals surface area contributed by atoms with Crippen molar-refractivity contribution < 1.29 is 14.7 Å². The molecule has 0 radical (unpaired) electrons. The van der Waals surface area contributed by atoms with Crippen molar-refractivity contribution in [3.05, 3.63) is 99.0 Å². The molecule has 1 unspecified atom stereocenters. The van der Waals surface area contributed by atoms with Crippen LogP contribution in [0.3, 0.4) is 0 Å². The fourth-order valence-corrected chi connectivity index (χ4v) is 5.28. The molecule has 0 saturated carbocycles. The van der Waals surface area contributed by atoms with E-state index in [1.165, 1.54) is 17.7 Å². The molecule has 1 amide bonds. The Balaban J connectivity index is 1.65. The molecule has 0 aromatic heterocycles. The van der Waals surface area contributed by atoms with Crippen LogP contribution < -0.4 is 9.80 Å². The number of halogens is 1. The number of amides is 1. The molecule has 0 bridgehead atoms. The minimum absolute atomic E-state index is 0.106. The average Bonchev–Trinajstić information content (AvgIpc) is 3.48. The second-order valence-corrected chi connectivity index (χ2v) is 10.1. The van der Waals surface area contributed by atoms with Gasteiger partial charge in [0.1, 0.15) is 5.76 Å². The van der Waals surface area contributed by atoms with E-state index in [9.17, 15) is 14.7 Å². The smallest absolute Gasteiger partial charge is 0.300 e. The van der Waals surface area contributed by atoms with Gasteiger partial charge in [-0.25, -0.2) is 0 Å². The van der Waals surface area contributed by atoms with Gasteiger partial charge in [0.2, 0.25) is 0 Å². The number of nitrogens with zero attached hydrogens (tertiary/aromatic N) is 2. The van der Waals surface area contributed by atoms with Gasteiger partial charge in [-0.1, -0.05) is 46.3 Å². The molecule has 2 aliphatic rings. The van der Waals surface area contributed by atoms with Gasteiger partial charge in [-0.3, -0.25) is 14.5 Å². The third kappa shape index (κ3) is 4.16. The maximum absolute atomic E-state index is 13.4. The molecular formula is C29H27BrN2O3. The maximum Gasteiger partial charge on any atom is 0.300 e. The molecule has 2 fully saturated rings. The van der Waals surface area contributed by atoms with Crippen molar-refractivity contribution in [2.75, 3.05) is 22.9 Å². The Morgan fingerprint density at radius 3 is 2.20 bits per heavy atom. The molecule has 2 aliphatic heterocycles. The van der Waals surface area contributed by atoms with Gasteiger partial charge in [-0.15, -0.1) is 0 Å². The first kappa shape index (κ1) is 23.4. The lowest BCUT2D eigenvalue weighted by atomic mass is 9.92. The highest BCUT2D eigenvalue weighted by atomic mass is 79.9. The third-order valence-corrected chi connectivity index (χ3v) is 7.85. The second kappa shape index (κ2) is 9.34. The van der Waals surface area contributed by atoms with Gasteiger partial charge in [0.05, 0.1) is 11.6 Å². The molecule has 5 nitrogen and oxygen atoms in total. The lowest BCUT2D eigenvalue weighted by molar-refractivity contribution is -0.132. The predicted octanol–water partition coefficient (Wildman–Crippen LogP) is 6.29. The Kier molecular flexibility index (Phi) is 6.24. The molecule has 35 heavy (non-hydrogen) atoms. The molecule has 6 heteroatoms. The molecule has 5 rings (SSSR count). The Bertz CT molecular complexity index is 1340. The van der Waals surface area contributed by atoms with E-state index in [1.807, 2.05) is 74.5 Å². The van der Waals surface area contributed by atoms with Crippen molar-refractivity contribution in [2.24, 2.45) is 0 Å². The zero-order valence-corrected chi connectivity index (χ0v) is 21.4. The number of hydrogen-bond donors (Lipinski definition) is 1. The molecular weight excluding hydrogens is 504 g/mol. The van der Waals surface area contributed by atoms with Crippen LogP contribution in [0.2, 0.25) is 0 Å². The summed E-state index contributed by atoms with van der Waals surface area (Å²) in [5.41, 5.74) is 5.03. The van der Waals surface area contributed by atoms with E-state index in [1.54, 1.807) is 6.07 Å². The van der Waals surface area contributed by atoms with E-state index in [0.717, 1.165) is 39.9 Å². The van der Waals surface area contributed by atoms with Gasteiger partial charge in [0.25, 0.3) is 11.7 Å². The highest BCUT2D eigenvalue weighted by Gasteiger charge is 2.47. The van der Waals surface area contributed by atoms with Crippen LogP contribution >= 0.6 is 15.9 Å². The molecule has 178 valence electrons. The first-order valence-electron chi connectivity index (χ1n) is 11.8. The van der Waals surface area contributed by atoms with Crippen molar-refractivity contribution in [3.8, 4) is 0 Å². The minimum atomic E-state index is -0.724. The van der Waals surface area contributed by atoms with E-state index in [-0.39, 0.29) is 11.3 Å². The van der Waals surface area contributed by atoms with Crippen LogP contribution in [0.15, 0.2) is 76.8 Å². The van der Waals surface area contributed by atoms with Gasteiger partial charge >= 0.3 is 0 Å². The zero-order chi connectivity index (χ0) is 24.7. The van der Waals surface area contributed by atoms with Crippen molar-refractivity contribution in [3.63, 3.8) is 0 Å². The molecule has 0 aliphatic carbocycles. The fraction of sp³-hybridized carbons (Fsp3) is 0.241. The number of Topliss-reactive ketones (excluding diaryl/α,β-unsaturated/α-hetero) is 1. The van der Waals surface area contributed by atoms with Crippen LogP contribution in [0, 0.1) is 13.8 Å². The SMILES string of the molecule is Cc1cc(/C(O)=C2\C(=O)C(=O)N(c3ccc(N4CCCC4)cc3)C2c2ccccc2C)ccc1Br. The maximum atomic E-state index is 13.4. The number of ketones is 1. The van der Waals surface area contributed by atoms with E-state index >= 15 is 0 Å². The summed E-state index contributed by atoms with van der Waals surface area (Å²) >= 11 is 3.48. The van der Waals surface area contributed by atoms with Crippen LogP contribution in [0.1, 0.15) is 41.1 Å². The largest absolute Gasteiger partial charge is 0.507 e. The van der Waals surface area contributed by atoms with E-state index < -0.39 is 17.7 Å². The zero-order valence-electron chi connectivity index (χ0n) is 19.8. The van der Waals surface area contributed by atoms with Gasteiger partial charge in [0.15, 0.2) is 0 Å². The highest BCUT2D eigenvalue weighted by Crippen LogP contribution is 2.43. The summed E-state index contributed by atoms with van der Waals surface area (Å²) in [6.45, 7) is 5.93. The molecule has 0 spiro atoms. The lowest BCUT2D eigenvalue weighted by Gasteiger charge is -2.27. The Morgan fingerprint density at radius 2 is 1.54 bits per heavy atom. The molecule has 2 saturated heterocycles. The fourth-order valence-electron chi connectivity index (χ4n) is 5.03. The van der Waals surface area contributed by atoms with Crippen LogP contribution in [0.5, 0.6) is 0 Å². The first-order valence-corrected chi connectivity index (χ1v) is 12.6. The van der Waals surface area contributed by atoms with Crippen molar-refractivity contribution >= 4 is 44.8 Å². The number of carbonyl (C=O) groups excluding carboxylic acids is 2. The van der Waals surface area contributed by atoms with Gasteiger partial charge in [-0.2, -0.15) is 0 Å². The number of aryl methyl sites for hydroxylation is 2. The van der Waals surface area contributed by atoms with Gasteiger partial charge < -0.3 is 10.0 Å². The molecule has 1 N–H and O–H groups in total. The van der Waals surface area contributed by atoms with E-state index in [4.69, 9.17) is 0 Å². The summed E-state index contributed by atoms with van der Waals surface area (Å²) in [6.07, 6.45) is 2.36. The van der Waals surface area contributed by atoms with Crippen LogP contribution in [-0.2, 0) is 9.59 Å². The Morgan fingerprint density at radius 1 is 0.886 bits per heavy atom. The van der Waals surface area contributed by atoms with Gasteiger partial charge in [0, 0.05) is 34.5 Å². The molecule has 2 heterocycles. The average molecular weight is 531 g/mol. The predicted molar refractivity (Wildman–Crippen MR) is 143 cm³/mol.